The molecule has 0 spiro atoms. The van der Waals surface area contributed by atoms with Gasteiger partial charge in [0, 0.05) is 17.5 Å². The van der Waals surface area contributed by atoms with Gasteiger partial charge >= 0.3 is 0 Å². The number of amides is 1. The highest BCUT2D eigenvalue weighted by Crippen LogP contribution is 2.26. The Kier molecular flexibility index (Phi) is 2.24. The first kappa shape index (κ1) is 10.7. The van der Waals surface area contributed by atoms with Gasteiger partial charge in [0.05, 0.1) is 21.1 Å². The van der Waals surface area contributed by atoms with E-state index in [-0.39, 0.29) is 5.76 Å². The summed E-state index contributed by atoms with van der Waals surface area (Å²) in [6.07, 6.45) is 0. The molecule has 2 N–H and O–H groups in total. The summed E-state index contributed by atoms with van der Waals surface area (Å²) in [6, 6.07) is 7.53. The zero-order chi connectivity index (χ0) is 11.9. The van der Waals surface area contributed by atoms with Crippen LogP contribution in [0, 0.1) is 0 Å². The number of fused-ring (bicyclic) bond motifs is 1. The zero-order valence-corrected chi connectivity index (χ0v) is 9.65. The maximum atomic E-state index is 11.0. The van der Waals surface area contributed by atoms with E-state index in [1.165, 1.54) is 0 Å². The quantitative estimate of drug-likeness (QED) is 0.782. The van der Waals surface area contributed by atoms with Gasteiger partial charge in [-0.2, -0.15) is 0 Å². The van der Waals surface area contributed by atoms with E-state index in [0.717, 1.165) is 11.1 Å². The van der Waals surface area contributed by atoms with Gasteiger partial charge in [0.1, 0.15) is 11.3 Å². The number of rotatable bonds is 2. The molecule has 1 amide bonds. The van der Waals surface area contributed by atoms with Crippen LogP contribution in [-0.2, 0) is 0 Å². The average molecular weight is 219 g/mol. The Hall–Kier alpha value is -1.81. The van der Waals surface area contributed by atoms with Crippen LogP contribution in [0.1, 0.15) is 10.6 Å². The first-order valence-electron chi connectivity index (χ1n) is 5.03. The summed E-state index contributed by atoms with van der Waals surface area (Å²) in [6.45, 7) is 0. The summed E-state index contributed by atoms with van der Waals surface area (Å²) < 4.78 is 6.03. The molecule has 0 atom stereocenters. The predicted octanol–water partition coefficient (Wildman–Crippen LogP) is 1.73. The van der Waals surface area contributed by atoms with Crippen molar-refractivity contribution < 1.29 is 9.21 Å². The Morgan fingerprint density at radius 3 is 2.50 bits per heavy atom. The number of hydrogen-bond donors (Lipinski definition) is 1. The Labute approximate surface area is 93.8 Å². The van der Waals surface area contributed by atoms with Crippen molar-refractivity contribution in [2.24, 2.45) is 5.73 Å². The van der Waals surface area contributed by atoms with Crippen LogP contribution in [0.2, 0.25) is 0 Å². The first-order valence-corrected chi connectivity index (χ1v) is 5.03. The van der Waals surface area contributed by atoms with Crippen molar-refractivity contribution >= 4 is 22.6 Å². The Bertz CT molecular complexity index is 550. The maximum Gasteiger partial charge on any atom is 0.284 e. The van der Waals surface area contributed by atoms with E-state index in [1.807, 2.05) is 18.2 Å². The number of hydrogen-bond acceptors (Lipinski definition) is 2. The monoisotopic (exact) mass is 219 g/mol. The van der Waals surface area contributed by atoms with Gasteiger partial charge in [-0.05, 0) is 12.1 Å². The molecule has 0 bridgehead atoms. The van der Waals surface area contributed by atoms with Crippen LogP contribution >= 0.6 is 0 Å². The minimum absolute atomic E-state index is 0.202. The Balaban J connectivity index is 2.58. The van der Waals surface area contributed by atoms with Crippen LogP contribution in [0.25, 0.3) is 11.0 Å². The number of nitrogens with zero attached hydrogens (tertiary/aromatic N) is 1. The van der Waals surface area contributed by atoms with E-state index in [0.29, 0.717) is 10.1 Å². The van der Waals surface area contributed by atoms with Crippen molar-refractivity contribution in [2.45, 2.75) is 0 Å². The lowest BCUT2D eigenvalue weighted by Gasteiger charge is -2.23. The third-order valence-corrected chi connectivity index (χ3v) is 2.52. The molecule has 0 saturated heterocycles. The third-order valence-electron chi connectivity index (χ3n) is 2.52. The van der Waals surface area contributed by atoms with Crippen LogP contribution in [0.15, 0.2) is 28.7 Å². The van der Waals surface area contributed by atoms with Gasteiger partial charge in [0.2, 0.25) is 0 Å². The Morgan fingerprint density at radius 2 is 1.94 bits per heavy atom. The van der Waals surface area contributed by atoms with E-state index < -0.39 is 5.91 Å². The molecule has 84 valence electrons. The third kappa shape index (κ3) is 1.79. The molecular weight excluding hydrogens is 204 g/mol. The topological polar surface area (TPSA) is 56.2 Å². The van der Waals surface area contributed by atoms with Crippen LogP contribution in [0.3, 0.4) is 0 Å². The van der Waals surface area contributed by atoms with Crippen molar-refractivity contribution in [3.05, 3.63) is 30.0 Å². The number of benzene rings is 1. The van der Waals surface area contributed by atoms with Crippen molar-refractivity contribution in [3.8, 4) is 0 Å². The SMILES string of the molecule is C[N+](C)(C)c1ccc2oc(C(N)=O)cc2c1. The summed E-state index contributed by atoms with van der Waals surface area (Å²) in [5.41, 5.74) is 6.99. The minimum atomic E-state index is -0.539. The molecule has 16 heavy (non-hydrogen) atoms. The van der Waals surface area contributed by atoms with Crippen molar-refractivity contribution in [2.75, 3.05) is 21.1 Å². The molecule has 1 heterocycles. The lowest BCUT2D eigenvalue weighted by Crippen LogP contribution is -2.34. The van der Waals surface area contributed by atoms with E-state index in [1.54, 1.807) is 6.07 Å². The predicted molar refractivity (Wildman–Crippen MR) is 64.3 cm³/mol. The van der Waals surface area contributed by atoms with Crippen LogP contribution in [-0.4, -0.2) is 27.1 Å². The lowest BCUT2D eigenvalue weighted by molar-refractivity contribution is 0.0976. The molecule has 0 aliphatic carbocycles. The summed E-state index contributed by atoms with van der Waals surface area (Å²) in [4.78, 5) is 11.0. The van der Waals surface area contributed by atoms with Gasteiger partial charge in [-0.25, -0.2) is 0 Å². The average Bonchev–Trinajstić information content (AvgIpc) is 2.58. The number of carbonyl (C=O) groups is 1. The van der Waals surface area contributed by atoms with Gasteiger partial charge in [-0.1, -0.05) is 0 Å². The van der Waals surface area contributed by atoms with Crippen LogP contribution in [0.5, 0.6) is 0 Å². The first-order chi connectivity index (χ1) is 7.38. The van der Waals surface area contributed by atoms with Gasteiger partial charge in [0.25, 0.3) is 5.91 Å². The maximum absolute atomic E-state index is 11.0. The van der Waals surface area contributed by atoms with Crippen molar-refractivity contribution in [1.29, 1.82) is 0 Å². The summed E-state index contributed by atoms with van der Waals surface area (Å²) in [5.74, 6) is -0.337. The largest absolute Gasteiger partial charge is 0.451 e. The van der Waals surface area contributed by atoms with E-state index >= 15 is 0 Å². The molecule has 0 unspecified atom stereocenters. The Morgan fingerprint density at radius 1 is 1.25 bits per heavy atom. The van der Waals surface area contributed by atoms with Gasteiger partial charge in [-0.3, -0.25) is 9.28 Å². The molecule has 0 aliphatic rings. The molecule has 0 fully saturated rings. The molecule has 4 heteroatoms. The fraction of sp³-hybridized carbons (Fsp3) is 0.250. The molecule has 0 saturated carbocycles. The summed E-state index contributed by atoms with van der Waals surface area (Å²) in [5, 5.41) is 0.902. The highest BCUT2D eigenvalue weighted by atomic mass is 16.3. The molecule has 2 rings (SSSR count). The highest BCUT2D eigenvalue weighted by Gasteiger charge is 2.15. The van der Waals surface area contributed by atoms with Gasteiger partial charge in [0.15, 0.2) is 5.76 Å². The molecule has 1 aromatic heterocycles. The van der Waals surface area contributed by atoms with Gasteiger partial charge in [-0.15, -0.1) is 0 Å². The van der Waals surface area contributed by atoms with Crippen molar-refractivity contribution in [3.63, 3.8) is 0 Å². The highest BCUT2D eigenvalue weighted by molar-refractivity contribution is 5.95. The molecule has 1 aromatic carbocycles. The second-order valence-electron chi connectivity index (χ2n) is 4.71. The summed E-state index contributed by atoms with van der Waals surface area (Å²) >= 11 is 0. The molecule has 0 aliphatic heterocycles. The summed E-state index contributed by atoms with van der Waals surface area (Å²) in [7, 11) is 6.24. The number of primary amides is 1. The van der Waals surface area contributed by atoms with E-state index in [4.69, 9.17) is 10.2 Å². The fourth-order valence-electron chi connectivity index (χ4n) is 1.57. The van der Waals surface area contributed by atoms with Crippen LogP contribution in [0.4, 0.5) is 5.69 Å². The smallest absolute Gasteiger partial charge is 0.284 e. The number of quaternary nitrogens is 1. The number of furan rings is 1. The molecule has 2 aromatic rings. The fourth-order valence-corrected chi connectivity index (χ4v) is 1.57. The van der Waals surface area contributed by atoms with E-state index in [2.05, 4.69) is 21.1 Å². The normalized spacial score (nSPS) is 11.9. The minimum Gasteiger partial charge on any atom is -0.451 e. The van der Waals surface area contributed by atoms with Crippen molar-refractivity contribution in [1.82, 2.24) is 4.48 Å². The van der Waals surface area contributed by atoms with E-state index in [9.17, 15) is 4.79 Å². The number of nitrogens with two attached hydrogens (primary N) is 1. The molecular formula is C12H15N2O2+. The van der Waals surface area contributed by atoms with Crippen LogP contribution < -0.4 is 10.2 Å². The zero-order valence-electron chi connectivity index (χ0n) is 9.65. The molecule has 4 nitrogen and oxygen atoms in total. The second-order valence-corrected chi connectivity index (χ2v) is 4.71. The number of carbonyl (C=O) groups excluding carboxylic acids is 1. The second kappa shape index (κ2) is 3.35. The molecule has 0 radical (unpaired) electrons. The van der Waals surface area contributed by atoms with Gasteiger partial charge < -0.3 is 10.2 Å². The lowest BCUT2D eigenvalue weighted by atomic mass is 10.2. The standard InChI is InChI=1S/C12H14N2O2/c1-14(2,3)9-4-5-10-8(6-9)7-11(16-10)12(13)15/h4-7H,1-3H3,(H-,13,15)/p+1.